The fraction of sp³-hybridized carbons (Fsp3) is 0.619. The van der Waals surface area contributed by atoms with Gasteiger partial charge in [-0.15, -0.1) is 0 Å². The molecule has 0 aliphatic carbocycles. The molecule has 1 fully saturated rings. The van der Waals surface area contributed by atoms with Gasteiger partial charge in [-0.25, -0.2) is 4.98 Å². The lowest BCUT2D eigenvalue weighted by molar-refractivity contribution is -0.130. The van der Waals surface area contributed by atoms with E-state index in [1.165, 1.54) is 32.1 Å². The molecule has 0 bridgehead atoms. The van der Waals surface area contributed by atoms with Crippen molar-refractivity contribution < 1.29 is 9.53 Å². The molecule has 142 valence electrons. The number of para-hydroxylation sites is 2. The average Bonchev–Trinajstić information content (AvgIpc) is 3.31. The number of hydrogen-bond acceptors (Lipinski definition) is 3. The van der Waals surface area contributed by atoms with Crippen LogP contribution in [0.15, 0.2) is 24.3 Å². The predicted molar refractivity (Wildman–Crippen MR) is 104 cm³/mol. The van der Waals surface area contributed by atoms with Gasteiger partial charge in [0.1, 0.15) is 11.9 Å². The van der Waals surface area contributed by atoms with Crippen LogP contribution in [0.4, 0.5) is 0 Å². The summed E-state index contributed by atoms with van der Waals surface area (Å²) >= 11 is 0. The molecule has 0 spiro atoms. The van der Waals surface area contributed by atoms with Crippen LogP contribution in [0.3, 0.4) is 0 Å². The largest absolute Gasteiger partial charge is 0.368 e. The van der Waals surface area contributed by atoms with Crippen molar-refractivity contribution >= 4 is 16.9 Å². The highest BCUT2D eigenvalue weighted by Gasteiger charge is 2.23. The predicted octanol–water partition coefficient (Wildman–Crippen LogP) is 4.19. The lowest BCUT2D eigenvalue weighted by atomic mass is 10.1. The molecule has 1 aliphatic heterocycles. The Morgan fingerprint density at radius 2 is 2.04 bits per heavy atom. The van der Waals surface area contributed by atoms with Gasteiger partial charge >= 0.3 is 0 Å². The SMILES string of the molecule is CCCCCCCCn1c(CNC(=O)C2CCCO2)nc2ccccc21. The third-order valence-electron chi connectivity index (χ3n) is 5.11. The van der Waals surface area contributed by atoms with Gasteiger partial charge in [-0.05, 0) is 31.4 Å². The summed E-state index contributed by atoms with van der Waals surface area (Å²) in [6.07, 6.45) is 9.12. The van der Waals surface area contributed by atoms with Crippen LogP contribution in [0.1, 0.15) is 64.1 Å². The molecule has 2 aromatic rings. The first-order valence-electron chi connectivity index (χ1n) is 10.1. The molecule has 3 rings (SSSR count). The molecule has 1 atom stereocenters. The molecule has 2 heterocycles. The molecule has 1 aromatic carbocycles. The molecule has 1 amide bonds. The molecule has 0 radical (unpaired) electrons. The van der Waals surface area contributed by atoms with Gasteiger partial charge in [0.15, 0.2) is 0 Å². The summed E-state index contributed by atoms with van der Waals surface area (Å²) in [5, 5.41) is 3.01. The lowest BCUT2D eigenvalue weighted by Gasteiger charge is -2.12. The summed E-state index contributed by atoms with van der Waals surface area (Å²) in [5.41, 5.74) is 2.15. The second-order valence-electron chi connectivity index (χ2n) is 7.16. The quantitative estimate of drug-likeness (QED) is 0.649. The number of fused-ring (bicyclic) bond motifs is 1. The molecule has 1 unspecified atom stereocenters. The van der Waals surface area contributed by atoms with E-state index in [1.807, 2.05) is 12.1 Å². The maximum absolute atomic E-state index is 12.2. The van der Waals surface area contributed by atoms with Crippen LogP contribution in [0.25, 0.3) is 11.0 Å². The zero-order valence-electron chi connectivity index (χ0n) is 15.9. The summed E-state index contributed by atoms with van der Waals surface area (Å²) in [6.45, 7) is 4.35. The maximum atomic E-state index is 12.2. The van der Waals surface area contributed by atoms with Crippen molar-refractivity contribution in [3.05, 3.63) is 30.1 Å². The lowest BCUT2D eigenvalue weighted by Crippen LogP contribution is -2.34. The number of carbonyl (C=O) groups excluding carboxylic acids is 1. The van der Waals surface area contributed by atoms with Gasteiger partial charge in [0.25, 0.3) is 0 Å². The molecular formula is C21H31N3O2. The van der Waals surface area contributed by atoms with Gasteiger partial charge in [-0.2, -0.15) is 0 Å². The standard InChI is InChI=1S/C21H31N3O2/c1-2-3-4-5-6-9-14-24-18-12-8-7-11-17(18)23-20(24)16-22-21(25)19-13-10-15-26-19/h7-8,11-12,19H,2-6,9-10,13-16H2,1H3,(H,22,25). The summed E-state index contributed by atoms with van der Waals surface area (Å²) in [6, 6.07) is 8.22. The van der Waals surface area contributed by atoms with Crippen LogP contribution in [0.5, 0.6) is 0 Å². The van der Waals surface area contributed by atoms with E-state index >= 15 is 0 Å². The molecule has 1 N–H and O–H groups in total. The number of aryl methyl sites for hydroxylation is 1. The Morgan fingerprint density at radius 1 is 1.23 bits per heavy atom. The minimum absolute atomic E-state index is 0.0133. The van der Waals surface area contributed by atoms with Crippen LogP contribution >= 0.6 is 0 Å². The number of hydrogen-bond donors (Lipinski definition) is 1. The van der Waals surface area contributed by atoms with E-state index in [9.17, 15) is 4.79 Å². The first kappa shape index (κ1) is 18.9. The van der Waals surface area contributed by atoms with Gasteiger partial charge in [-0.3, -0.25) is 4.79 Å². The van der Waals surface area contributed by atoms with Gasteiger partial charge in [0, 0.05) is 13.2 Å². The Hall–Kier alpha value is -1.88. The Labute approximate surface area is 156 Å². The number of rotatable bonds is 10. The first-order chi connectivity index (χ1) is 12.8. The zero-order valence-corrected chi connectivity index (χ0v) is 15.9. The Bertz CT molecular complexity index is 704. The van der Waals surface area contributed by atoms with Gasteiger partial charge < -0.3 is 14.6 Å². The normalized spacial score (nSPS) is 17.0. The van der Waals surface area contributed by atoms with Gasteiger partial charge in [0.2, 0.25) is 5.91 Å². The van der Waals surface area contributed by atoms with E-state index in [1.54, 1.807) is 0 Å². The number of amides is 1. The van der Waals surface area contributed by atoms with E-state index in [0.29, 0.717) is 13.2 Å². The summed E-state index contributed by atoms with van der Waals surface area (Å²) in [4.78, 5) is 17.0. The van der Waals surface area contributed by atoms with Crippen molar-refractivity contribution in [2.24, 2.45) is 0 Å². The smallest absolute Gasteiger partial charge is 0.249 e. The van der Waals surface area contributed by atoms with Crippen molar-refractivity contribution in [1.82, 2.24) is 14.9 Å². The number of benzene rings is 1. The van der Waals surface area contributed by atoms with Gasteiger partial charge in [0.05, 0.1) is 17.6 Å². The van der Waals surface area contributed by atoms with Crippen LogP contribution in [0.2, 0.25) is 0 Å². The minimum atomic E-state index is -0.286. The molecule has 1 saturated heterocycles. The zero-order chi connectivity index (χ0) is 18.2. The van der Waals surface area contributed by atoms with Crippen LogP contribution in [-0.4, -0.2) is 28.2 Å². The Morgan fingerprint density at radius 3 is 2.85 bits per heavy atom. The third kappa shape index (κ3) is 4.85. The van der Waals surface area contributed by atoms with E-state index in [0.717, 1.165) is 42.7 Å². The molecular weight excluding hydrogens is 326 g/mol. The summed E-state index contributed by atoms with van der Waals surface area (Å²) in [5.74, 6) is 0.923. The molecule has 1 aromatic heterocycles. The van der Waals surface area contributed by atoms with Crippen LogP contribution in [-0.2, 0) is 22.6 Å². The highest BCUT2D eigenvalue weighted by molar-refractivity contribution is 5.81. The third-order valence-corrected chi connectivity index (χ3v) is 5.11. The molecule has 0 saturated carbocycles. The minimum Gasteiger partial charge on any atom is -0.368 e. The number of aromatic nitrogens is 2. The fourth-order valence-corrected chi connectivity index (χ4v) is 3.62. The number of imidazole rings is 1. The van der Waals surface area contributed by atoms with Crippen LogP contribution < -0.4 is 5.32 Å². The fourth-order valence-electron chi connectivity index (χ4n) is 3.62. The highest BCUT2D eigenvalue weighted by atomic mass is 16.5. The Kier molecular flexibility index (Phi) is 7.06. The second-order valence-corrected chi connectivity index (χ2v) is 7.16. The highest BCUT2D eigenvalue weighted by Crippen LogP contribution is 2.18. The van der Waals surface area contributed by atoms with Crippen LogP contribution in [0, 0.1) is 0 Å². The molecule has 1 aliphatic rings. The topological polar surface area (TPSA) is 56.2 Å². The first-order valence-corrected chi connectivity index (χ1v) is 10.1. The summed E-state index contributed by atoms with van der Waals surface area (Å²) < 4.78 is 7.73. The number of carbonyl (C=O) groups is 1. The van der Waals surface area contributed by atoms with Crippen molar-refractivity contribution in [3.63, 3.8) is 0 Å². The van der Waals surface area contributed by atoms with Crippen molar-refractivity contribution in [2.45, 2.75) is 77.5 Å². The Balaban J connectivity index is 1.61. The number of ether oxygens (including phenoxy) is 1. The maximum Gasteiger partial charge on any atom is 0.249 e. The average molecular weight is 357 g/mol. The number of nitrogens with zero attached hydrogens (tertiary/aromatic N) is 2. The molecule has 5 heteroatoms. The monoisotopic (exact) mass is 357 g/mol. The van der Waals surface area contributed by atoms with Crippen molar-refractivity contribution in [3.8, 4) is 0 Å². The van der Waals surface area contributed by atoms with E-state index in [-0.39, 0.29) is 12.0 Å². The van der Waals surface area contributed by atoms with E-state index in [2.05, 4.69) is 28.9 Å². The van der Waals surface area contributed by atoms with Crippen molar-refractivity contribution in [1.29, 1.82) is 0 Å². The molecule has 26 heavy (non-hydrogen) atoms. The number of unbranched alkanes of at least 4 members (excludes halogenated alkanes) is 5. The van der Waals surface area contributed by atoms with E-state index in [4.69, 9.17) is 9.72 Å². The van der Waals surface area contributed by atoms with E-state index < -0.39 is 0 Å². The number of nitrogens with one attached hydrogen (secondary N) is 1. The second kappa shape index (κ2) is 9.72. The van der Waals surface area contributed by atoms with Crippen molar-refractivity contribution in [2.75, 3.05) is 6.61 Å². The van der Waals surface area contributed by atoms with Gasteiger partial charge in [-0.1, -0.05) is 51.2 Å². The summed E-state index contributed by atoms with van der Waals surface area (Å²) in [7, 11) is 0. The molecule has 5 nitrogen and oxygen atoms in total.